The average Bonchev–Trinajstić information content (AvgIpc) is 3.55. The number of nitrogens with one attached hydrogen (secondary N) is 2. The van der Waals surface area contributed by atoms with Crippen LogP contribution in [0.15, 0.2) is 41.3 Å². The number of thiazole rings is 1. The molecule has 0 aliphatic heterocycles. The fraction of sp³-hybridized carbons (Fsp3) is 0.391. The Hall–Kier alpha value is -2.37. The van der Waals surface area contributed by atoms with Gasteiger partial charge in [0.15, 0.2) is 5.13 Å². The summed E-state index contributed by atoms with van der Waals surface area (Å²) in [5.41, 5.74) is 2.14. The average molecular weight is 489 g/mol. The molecule has 10 heteroatoms. The number of nitrogens with zero attached hydrogens (tertiary/aromatic N) is 2. The molecule has 33 heavy (non-hydrogen) atoms. The predicted molar refractivity (Wildman–Crippen MR) is 132 cm³/mol. The summed E-state index contributed by atoms with van der Waals surface area (Å²) in [5.74, 6) is -0.465. The zero-order valence-electron chi connectivity index (χ0n) is 18.4. The van der Waals surface area contributed by atoms with E-state index < -0.39 is 5.91 Å². The van der Waals surface area contributed by atoms with Crippen LogP contribution >= 0.6 is 23.1 Å². The Morgan fingerprint density at radius 1 is 1.21 bits per heavy atom. The number of anilines is 1. The van der Waals surface area contributed by atoms with Crippen LogP contribution in [0, 0.1) is 5.41 Å². The van der Waals surface area contributed by atoms with E-state index in [-0.39, 0.29) is 25.3 Å². The van der Waals surface area contributed by atoms with Crippen molar-refractivity contribution in [2.75, 3.05) is 25.6 Å². The number of carbonyl (C=O) groups excluding carboxylic acids is 1. The van der Waals surface area contributed by atoms with Gasteiger partial charge in [-0.05, 0) is 49.1 Å². The number of rotatable bonds is 10. The monoisotopic (exact) mass is 488 g/mol. The number of fused-ring (bicyclic) bond motifs is 1. The van der Waals surface area contributed by atoms with Crippen molar-refractivity contribution >= 4 is 50.2 Å². The summed E-state index contributed by atoms with van der Waals surface area (Å²) in [6, 6.07) is 11.5. The molecule has 1 amide bonds. The minimum atomic E-state index is -0.465. The van der Waals surface area contributed by atoms with E-state index in [1.807, 2.05) is 23.9 Å². The van der Waals surface area contributed by atoms with E-state index in [9.17, 15) is 4.79 Å². The quantitative estimate of drug-likeness (QED) is 0.253. The molecule has 176 valence electrons. The molecule has 8 nitrogen and oxygen atoms in total. The third-order valence-electron chi connectivity index (χ3n) is 4.61. The van der Waals surface area contributed by atoms with Crippen LogP contribution in [-0.2, 0) is 22.6 Å². The van der Waals surface area contributed by atoms with Crippen molar-refractivity contribution in [3.05, 3.63) is 47.7 Å². The highest BCUT2D eigenvalue weighted by atomic mass is 32.2. The molecule has 1 aliphatic rings. The summed E-state index contributed by atoms with van der Waals surface area (Å²) < 4.78 is 4.62. The normalized spacial score (nSPS) is 12.8. The zero-order valence-corrected chi connectivity index (χ0v) is 20.0. The van der Waals surface area contributed by atoms with Crippen molar-refractivity contribution in [2.45, 2.75) is 42.4 Å². The molecule has 0 spiro atoms. The second kappa shape index (κ2) is 12.8. The lowest BCUT2D eigenvalue weighted by Gasteiger charge is -2.05. The van der Waals surface area contributed by atoms with Gasteiger partial charge >= 0.3 is 0 Å². The minimum absolute atomic E-state index is 0.0131. The van der Waals surface area contributed by atoms with Crippen LogP contribution in [0.5, 0.6) is 0 Å². The van der Waals surface area contributed by atoms with E-state index in [2.05, 4.69) is 32.2 Å². The van der Waals surface area contributed by atoms with Gasteiger partial charge in [0.25, 0.3) is 5.91 Å². The Kier molecular flexibility index (Phi) is 9.76. The standard InChI is InChI=1S/C19H18N4O2S2.C4H10O2/c20-15(9-11-1-4-13(5-2-11)26-14-6-7-14)17(25)23-19-22-16-8-3-12(10-24)21-18(16)27-19;1-6-4-2-3-5/h1-5,8,14,20,24H,6-7,9-10H2,(H,22,23,25);5H,2-4H2,1H3. The van der Waals surface area contributed by atoms with Crippen molar-refractivity contribution in [3.63, 3.8) is 0 Å². The molecule has 1 saturated carbocycles. The Balaban J connectivity index is 0.000000454. The Bertz CT molecular complexity index is 1060. The van der Waals surface area contributed by atoms with Crippen molar-refractivity contribution < 1.29 is 19.7 Å². The molecule has 0 bridgehead atoms. The lowest BCUT2D eigenvalue weighted by atomic mass is 10.1. The van der Waals surface area contributed by atoms with Gasteiger partial charge in [0, 0.05) is 36.9 Å². The van der Waals surface area contributed by atoms with Crippen LogP contribution in [0.1, 0.15) is 30.5 Å². The van der Waals surface area contributed by atoms with Crippen LogP contribution in [0.4, 0.5) is 5.13 Å². The molecule has 2 aromatic heterocycles. The first-order chi connectivity index (χ1) is 16.0. The van der Waals surface area contributed by atoms with Gasteiger partial charge in [-0.2, -0.15) is 0 Å². The molecule has 2 heterocycles. The molecule has 0 atom stereocenters. The Morgan fingerprint density at radius 3 is 2.58 bits per heavy atom. The fourth-order valence-corrected chi connectivity index (χ4v) is 4.63. The maximum Gasteiger partial charge on any atom is 0.271 e. The molecular weight excluding hydrogens is 460 g/mol. The maximum atomic E-state index is 12.3. The van der Waals surface area contributed by atoms with Gasteiger partial charge < -0.3 is 14.9 Å². The SMILES string of the molecule is COCCCO.N=C(Cc1ccc(SC2CC2)cc1)C(=O)Nc1nc2ccc(CO)nc2s1. The largest absolute Gasteiger partial charge is 0.396 e. The highest BCUT2D eigenvalue weighted by molar-refractivity contribution is 8.00. The topological polar surface area (TPSA) is 128 Å². The first kappa shape index (κ1) is 25.3. The number of pyridine rings is 1. The number of methoxy groups -OCH3 is 1. The number of aliphatic hydroxyl groups is 2. The molecular formula is C23H28N4O4S2. The molecule has 0 unspecified atom stereocenters. The van der Waals surface area contributed by atoms with Crippen molar-refractivity contribution in [2.24, 2.45) is 0 Å². The third kappa shape index (κ3) is 8.17. The predicted octanol–water partition coefficient (Wildman–Crippen LogP) is 3.65. The summed E-state index contributed by atoms with van der Waals surface area (Å²) in [6.07, 6.45) is 3.61. The van der Waals surface area contributed by atoms with Crippen LogP contribution in [0.2, 0.25) is 0 Å². The van der Waals surface area contributed by atoms with E-state index in [0.29, 0.717) is 27.8 Å². The van der Waals surface area contributed by atoms with E-state index in [0.717, 1.165) is 17.2 Å². The maximum absolute atomic E-state index is 12.3. The summed E-state index contributed by atoms with van der Waals surface area (Å²) in [7, 11) is 1.62. The van der Waals surface area contributed by atoms with Crippen LogP contribution in [0.25, 0.3) is 10.3 Å². The van der Waals surface area contributed by atoms with Gasteiger partial charge in [-0.1, -0.05) is 23.5 Å². The highest BCUT2D eigenvalue weighted by Gasteiger charge is 2.22. The number of carbonyl (C=O) groups is 1. The van der Waals surface area contributed by atoms with E-state index >= 15 is 0 Å². The molecule has 1 fully saturated rings. The molecule has 1 aliphatic carbocycles. The molecule has 0 saturated heterocycles. The number of benzene rings is 1. The summed E-state index contributed by atoms with van der Waals surface area (Å²) in [4.78, 5) is 22.8. The number of aliphatic hydroxyl groups excluding tert-OH is 2. The lowest BCUT2D eigenvalue weighted by Crippen LogP contribution is -2.23. The first-order valence-electron chi connectivity index (χ1n) is 10.6. The number of amides is 1. The summed E-state index contributed by atoms with van der Waals surface area (Å²) in [6.45, 7) is 0.752. The van der Waals surface area contributed by atoms with Gasteiger partial charge in [-0.25, -0.2) is 9.97 Å². The van der Waals surface area contributed by atoms with Crippen molar-refractivity contribution in [3.8, 4) is 0 Å². The summed E-state index contributed by atoms with van der Waals surface area (Å²) in [5, 5.41) is 29.2. The Labute approximate surface area is 200 Å². The van der Waals surface area contributed by atoms with Gasteiger partial charge in [-0.3, -0.25) is 15.5 Å². The number of ether oxygens (including phenoxy) is 1. The minimum Gasteiger partial charge on any atom is -0.396 e. The van der Waals surface area contributed by atoms with E-state index in [4.69, 9.17) is 15.6 Å². The van der Waals surface area contributed by atoms with Gasteiger partial charge in [0.1, 0.15) is 16.1 Å². The highest BCUT2D eigenvalue weighted by Crippen LogP contribution is 2.39. The second-order valence-corrected chi connectivity index (χ2v) is 9.80. The molecule has 3 aromatic rings. The molecule has 4 N–H and O–H groups in total. The molecule has 4 rings (SSSR count). The Morgan fingerprint density at radius 2 is 1.97 bits per heavy atom. The van der Waals surface area contributed by atoms with Gasteiger partial charge in [-0.15, -0.1) is 11.8 Å². The fourth-order valence-electron chi connectivity index (χ4n) is 2.73. The van der Waals surface area contributed by atoms with Gasteiger partial charge in [0.2, 0.25) is 0 Å². The molecule has 1 aromatic carbocycles. The summed E-state index contributed by atoms with van der Waals surface area (Å²) >= 11 is 3.12. The number of thioether (sulfide) groups is 1. The van der Waals surface area contributed by atoms with Crippen LogP contribution < -0.4 is 5.32 Å². The number of hydrogen-bond acceptors (Lipinski definition) is 9. The zero-order chi connectivity index (χ0) is 23.6. The molecule has 0 radical (unpaired) electrons. The van der Waals surface area contributed by atoms with Crippen molar-refractivity contribution in [1.82, 2.24) is 9.97 Å². The number of aromatic nitrogens is 2. The van der Waals surface area contributed by atoms with Gasteiger partial charge in [0.05, 0.1) is 12.3 Å². The van der Waals surface area contributed by atoms with Crippen LogP contribution in [0.3, 0.4) is 0 Å². The van der Waals surface area contributed by atoms with E-state index in [1.54, 1.807) is 19.2 Å². The smallest absolute Gasteiger partial charge is 0.271 e. The third-order valence-corrected chi connectivity index (χ3v) is 6.84. The number of hydrogen-bond donors (Lipinski definition) is 4. The first-order valence-corrected chi connectivity index (χ1v) is 12.3. The van der Waals surface area contributed by atoms with E-state index in [1.165, 1.54) is 29.1 Å². The van der Waals surface area contributed by atoms with Crippen LogP contribution in [-0.4, -0.2) is 57.4 Å². The van der Waals surface area contributed by atoms with Crippen molar-refractivity contribution in [1.29, 1.82) is 5.41 Å². The second-order valence-electron chi connectivity index (χ2n) is 7.44. The lowest BCUT2D eigenvalue weighted by molar-refractivity contribution is -0.110.